The first-order chi connectivity index (χ1) is 27.5. The summed E-state index contributed by atoms with van der Waals surface area (Å²) in [6.45, 7) is 0. The molecule has 56 heavy (non-hydrogen) atoms. The third-order valence-electron chi connectivity index (χ3n) is 9.49. The van der Waals surface area contributed by atoms with Crippen LogP contribution < -0.4 is 0 Å². The van der Waals surface area contributed by atoms with Gasteiger partial charge in [-0.3, -0.25) is 9.97 Å². The van der Waals surface area contributed by atoms with Gasteiger partial charge in [-0.1, -0.05) is 97.1 Å². The van der Waals surface area contributed by atoms with Gasteiger partial charge in [0, 0.05) is 24.5 Å². The van der Waals surface area contributed by atoms with E-state index in [9.17, 15) is 10.2 Å². The maximum absolute atomic E-state index is 10.0. The lowest BCUT2D eigenvalue weighted by atomic mass is 9.96. The molecule has 2 N–H and O–H groups in total. The second-order valence-corrected chi connectivity index (χ2v) is 13.2. The zero-order valence-electron chi connectivity index (χ0n) is 29.9. The van der Waals surface area contributed by atoms with Gasteiger partial charge in [0.1, 0.15) is 0 Å². The summed E-state index contributed by atoms with van der Waals surface area (Å²) in [5.74, 6) is -0.110. The van der Waals surface area contributed by atoms with Gasteiger partial charge in [0.05, 0.1) is 45.6 Å². The van der Waals surface area contributed by atoms with Crippen molar-refractivity contribution in [2.75, 3.05) is 0 Å². The fourth-order valence-electron chi connectivity index (χ4n) is 6.65. The molecule has 0 saturated carbocycles. The smallest absolute Gasteiger partial charge is 0.211 e. The second kappa shape index (κ2) is 14.9. The highest BCUT2D eigenvalue weighted by molar-refractivity contribution is 5.79. The van der Waals surface area contributed by atoms with Crippen LogP contribution in [0.1, 0.15) is 0 Å². The van der Waals surface area contributed by atoms with Crippen LogP contribution in [0.5, 0.6) is 11.8 Å². The summed E-state index contributed by atoms with van der Waals surface area (Å²) in [6, 6.07) is 55.4. The van der Waals surface area contributed by atoms with Crippen molar-refractivity contribution in [1.29, 1.82) is 0 Å². The minimum absolute atomic E-state index is 0.0549. The molecule has 0 aliphatic rings. The van der Waals surface area contributed by atoms with Crippen LogP contribution >= 0.6 is 0 Å². The van der Waals surface area contributed by atoms with Gasteiger partial charge in [0.15, 0.2) is 0 Å². The van der Waals surface area contributed by atoms with Crippen LogP contribution in [0.3, 0.4) is 0 Å². The fourth-order valence-corrected chi connectivity index (χ4v) is 6.65. The fraction of sp³-hybridized carbons (Fsp3) is 0. The summed E-state index contributed by atoms with van der Waals surface area (Å²) in [5, 5.41) is 20.1. The predicted molar refractivity (Wildman–Crippen MR) is 220 cm³/mol. The third kappa shape index (κ3) is 7.22. The van der Waals surface area contributed by atoms with Crippen molar-refractivity contribution in [2.45, 2.75) is 0 Å². The van der Waals surface area contributed by atoms with Crippen LogP contribution in [0.4, 0.5) is 0 Å². The van der Waals surface area contributed by atoms with E-state index >= 15 is 0 Å². The SMILES string of the molecule is Oc1cccc(-c2cc(-c3ccc(-c4ccc(-c5ccc(-c6cc(-c7ccccn7)nc(-c7cccc(O)n7)c6)cc5)cc4)cc3)cc(-c3ccccn3)n2)n1. The molecule has 8 heteroatoms. The lowest BCUT2D eigenvalue weighted by molar-refractivity contribution is 0.453. The first kappa shape index (κ1) is 34.0. The van der Waals surface area contributed by atoms with E-state index in [1.807, 2.05) is 72.8 Å². The zero-order valence-corrected chi connectivity index (χ0v) is 29.9. The summed E-state index contributed by atoms with van der Waals surface area (Å²) in [4.78, 5) is 27.3. The maximum atomic E-state index is 10.0. The number of hydrogen-bond donors (Lipinski definition) is 2. The van der Waals surface area contributed by atoms with Gasteiger partial charge in [0.25, 0.3) is 0 Å². The molecule has 9 rings (SSSR count). The molecule has 6 aromatic heterocycles. The summed E-state index contributed by atoms with van der Waals surface area (Å²) < 4.78 is 0. The Hall–Kier alpha value is -7.84. The highest BCUT2D eigenvalue weighted by Crippen LogP contribution is 2.34. The number of aromatic hydroxyl groups is 2. The average Bonchev–Trinajstić information content (AvgIpc) is 3.27. The van der Waals surface area contributed by atoms with Crippen LogP contribution in [0, 0.1) is 0 Å². The monoisotopic (exact) mass is 724 g/mol. The molecule has 0 amide bonds. The number of rotatable bonds is 8. The minimum Gasteiger partial charge on any atom is -0.493 e. The Morgan fingerprint density at radius 1 is 0.250 bits per heavy atom. The number of pyridine rings is 6. The topological polar surface area (TPSA) is 118 Å². The van der Waals surface area contributed by atoms with Gasteiger partial charge >= 0.3 is 0 Å². The van der Waals surface area contributed by atoms with Gasteiger partial charge < -0.3 is 10.2 Å². The van der Waals surface area contributed by atoms with E-state index in [0.717, 1.165) is 67.3 Å². The van der Waals surface area contributed by atoms with Crippen LogP contribution in [-0.2, 0) is 0 Å². The summed E-state index contributed by atoms with van der Waals surface area (Å²) in [5.41, 5.74) is 13.8. The van der Waals surface area contributed by atoms with Crippen LogP contribution in [-0.4, -0.2) is 40.1 Å². The largest absolute Gasteiger partial charge is 0.493 e. The Balaban J connectivity index is 0.973. The van der Waals surface area contributed by atoms with Gasteiger partial charge in [-0.05, 0) is 105 Å². The Labute approximate surface area is 323 Å². The molecule has 0 fully saturated rings. The van der Waals surface area contributed by atoms with Crippen molar-refractivity contribution in [3.8, 4) is 102 Å². The van der Waals surface area contributed by atoms with E-state index in [0.29, 0.717) is 22.8 Å². The highest BCUT2D eigenvalue weighted by atomic mass is 16.3. The van der Waals surface area contributed by atoms with E-state index in [2.05, 4.69) is 92.7 Å². The first-order valence-corrected chi connectivity index (χ1v) is 18.0. The number of aromatic nitrogens is 6. The summed E-state index contributed by atoms with van der Waals surface area (Å²) in [7, 11) is 0. The van der Waals surface area contributed by atoms with E-state index < -0.39 is 0 Å². The first-order valence-electron chi connectivity index (χ1n) is 18.0. The van der Waals surface area contributed by atoms with E-state index in [-0.39, 0.29) is 11.8 Å². The summed E-state index contributed by atoms with van der Waals surface area (Å²) in [6.07, 6.45) is 3.50. The molecule has 0 spiro atoms. The Morgan fingerprint density at radius 3 is 0.857 bits per heavy atom. The van der Waals surface area contributed by atoms with Crippen LogP contribution in [0.2, 0.25) is 0 Å². The van der Waals surface area contributed by atoms with E-state index in [1.165, 1.54) is 0 Å². The van der Waals surface area contributed by atoms with Crippen LogP contribution in [0.15, 0.2) is 182 Å². The van der Waals surface area contributed by atoms with Crippen molar-refractivity contribution < 1.29 is 10.2 Å². The lowest BCUT2D eigenvalue weighted by Gasteiger charge is -2.11. The predicted octanol–water partition coefficient (Wildman–Crippen LogP) is 10.8. The second-order valence-electron chi connectivity index (χ2n) is 13.2. The highest BCUT2D eigenvalue weighted by Gasteiger charge is 2.13. The molecule has 266 valence electrons. The molecule has 0 radical (unpaired) electrons. The number of hydrogen-bond acceptors (Lipinski definition) is 8. The molecule has 0 atom stereocenters. The van der Waals surface area contributed by atoms with Gasteiger partial charge in [-0.15, -0.1) is 0 Å². The molecule has 9 aromatic rings. The standard InChI is InChI=1S/C48H32N6O2/c55-47-11-5-9-41(53-47)45-29-37(27-43(51-45)39-7-1-3-25-49-39)35-21-17-33(18-22-35)31-13-15-32(16-14-31)34-19-23-36(24-20-34)38-28-44(40-8-2-4-26-50-40)52-46(30-38)42-10-6-12-48(56)54-42/h1-30H,(H,53,55)(H,54,56). The molecular weight excluding hydrogens is 693 g/mol. The Kier molecular flexibility index (Phi) is 9.03. The Bertz CT molecular complexity index is 2600. The molecule has 0 aliphatic carbocycles. The maximum Gasteiger partial charge on any atom is 0.211 e. The number of benzene rings is 3. The third-order valence-corrected chi connectivity index (χ3v) is 9.49. The van der Waals surface area contributed by atoms with Crippen molar-refractivity contribution >= 4 is 0 Å². The van der Waals surface area contributed by atoms with Crippen molar-refractivity contribution in [3.63, 3.8) is 0 Å². The van der Waals surface area contributed by atoms with Gasteiger partial charge in [-0.25, -0.2) is 19.9 Å². The van der Waals surface area contributed by atoms with E-state index in [4.69, 9.17) is 9.97 Å². The van der Waals surface area contributed by atoms with E-state index in [1.54, 1.807) is 36.7 Å². The molecule has 0 aliphatic heterocycles. The molecule has 3 aromatic carbocycles. The Morgan fingerprint density at radius 2 is 0.554 bits per heavy atom. The summed E-state index contributed by atoms with van der Waals surface area (Å²) >= 11 is 0. The van der Waals surface area contributed by atoms with Crippen molar-refractivity contribution in [2.24, 2.45) is 0 Å². The lowest BCUT2D eigenvalue weighted by Crippen LogP contribution is -1.94. The molecule has 0 unspecified atom stereocenters. The van der Waals surface area contributed by atoms with Crippen molar-refractivity contribution in [1.82, 2.24) is 29.9 Å². The molecule has 8 nitrogen and oxygen atoms in total. The molecule has 0 saturated heterocycles. The molecule has 0 bridgehead atoms. The number of nitrogens with zero attached hydrogens (tertiary/aromatic N) is 6. The van der Waals surface area contributed by atoms with Gasteiger partial charge in [-0.2, -0.15) is 0 Å². The minimum atomic E-state index is -0.0549. The average molecular weight is 725 g/mol. The molecular formula is C48H32N6O2. The molecule has 6 heterocycles. The van der Waals surface area contributed by atoms with Crippen LogP contribution in [0.25, 0.3) is 90.1 Å². The zero-order chi connectivity index (χ0) is 37.8. The van der Waals surface area contributed by atoms with Crippen molar-refractivity contribution in [3.05, 3.63) is 182 Å². The normalized spacial score (nSPS) is 11.0. The van der Waals surface area contributed by atoms with Gasteiger partial charge in [0.2, 0.25) is 11.8 Å². The quantitative estimate of drug-likeness (QED) is 0.159.